The van der Waals surface area contributed by atoms with Crippen LogP contribution in [0.5, 0.6) is 5.88 Å². The van der Waals surface area contributed by atoms with E-state index in [1.807, 2.05) is 12.2 Å². The van der Waals surface area contributed by atoms with Crippen molar-refractivity contribution in [2.75, 3.05) is 23.4 Å². The van der Waals surface area contributed by atoms with Crippen LogP contribution in [0, 0.1) is 34.0 Å². The van der Waals surface area contributed by atoms with E-state index in [1.165, 1.54) is 0 Å². The summed E-state index contributed by atoms with van der Waals surface area (Å²) in [7, 11) is 2.06. The van der Waals surface area contributed by atoms with E-state index >= 15 is 0 Å². The molecular formula is C27H27N5O2. The molecule has 4 unspecified atom stereocenters. The molecule has 172 valence electrons. The van der Waals surface area contributed by atoms with E-state index in [9.17, 15) is 5.26 Å². The van der Waals surface area contributed by atoms with E-state index in [2.05, 4.69) is 72.9 Å². The number of nitriles is 2. The minimum Gasteiger partial charge on any atom is -0.439 e. The Bertz CT molecular complexity index is 1260. The third-order valence-electron chi connectivity index (χ3n) is 6.29. The van der Waals surface area contributed by atoms with Gasteiger partial charge in [-0.05, 0) is 41.3 Å². The zero-order chi connectivity index (χ0) is 24.0. The average Bonchev–Trinajstić information content (AvgIpc) is 3.62. The van der Waals surface area contributed by atoms with Crippen molar-refractivity contribution < 1.29 is 9.47 Å². The molecule has 0 amide bonds. The van der Waals surface area contributed by atoms with Crippen molar-refractivity contribution in [3.8, 4) is 18.0 Å². The molecule has 3 aliphatic rings. The van der Waals surface area contributed by atoms with Crippen LogP contribution in [0.4, 0.5) is 11.4 Å². The molecule has 7 nitrogen and oxygen atoms in total. The lowest BCUT2D eigenvalue weighted by Gasteiger charge is -2.37. The van der Waals surface area contributed by atoms with E-state index < -0.39 is 0 Å². The molecule has 0 N–H and O–H groups in total. The highest BCUT2D eigenvalue weighted by Crippen LogP contribution is 2.48. The van der Waals surface area contributed by atoms with Crippen molar-refractivity contribution in [3.05, 3.63) is 71.6 Å². The fraction of sp³-hybridized carbons (Fsp3) is 0.370. The van der Waals surface area contributed by atoms with Crippen molar-refractivity contribution in [2.24, 2.45) is 11.3 Å². The Morgan fingerprint density at radius 1 is 1.12 bits per heavy atom. The quantitative estimate of drug-likeness (QED) is 0.620. The summed E-state index contributed by atoms with van der Waals surface area (Å²) in [5, 5.41) is 18.9. The molecule has 2 aliphatic heterocycles. The molecule has 0 spiro atoms. The Morgan fingerprint density at radius 2 is 1.94 bits per heavy atom. The van der Waals surface area contributed by atoms with Crippen molar-refractivity contribution in [3.63, 3.8) is 0 Å². The van der Waals surface area contributed by atoms with Gasteiger partial charge in [-0.1, -0.05) is 32.9 Å². The lowest BCUT2D eigenvalue weighted by molar-refractivity contribution is 0.340. The van der Waals surface area contributed by atoms with Gasteiger partial charge >= 0.3 is 0 Å². The lowest BCUT2D eigenvalue weighted by atomic mass is 9.83. The van der Waals surface area contributed by atoms with Crippen molar-refractivity contribution >= 4 is 11.4 Å². The highest BCUT2D eigenvalue weighted by molar-refractivity contribution is 5.76. The zero-order valence-corrected chi connectivity index (χ0v) is 19.8. The Labute approximate surface area is 200 Å². The topological polar surface area (TPSA) is 88.7 Å². The number of nitrogens with zero attached hydrogens (tertiary/aromatic N) is 5. The molecule has 0 bridgehead atoms. The maximum atomic E-state index is 9.82. The SMILES string of the molecule is CN1c2cc(C3C=C(Oc4cc(C#N)ccn4)C=CC3C#N)ccc2N(CC(C)(C)C)C2OC21. The smallest absolute Gasteiger partial charge is 0.220 e. The number of benzene rings is 1. The van der Waals surface area contributed by atoms with E-state index in [0.717, 1.165) is 23.5 Å². The minimum absolute atomic E-state index is 0.0519. The van der Waals surface area contributed by atoms with E-state index in [-0.39, 0.29) is 29.7 Å². The minimum atomic E-state index is -0.312. The molecule has 1 aromatic heterocycles. The second-order valence-corrected chi connectivity index (χ2v) is 10.2. The molecular weight excluding hydrogens is 426 g/mol. The summed E-state index contributed by atoms with van der Waals surface area (Å²) in [5.41, 5.74) is 3.91. The number of fused-ring (bicyclic) bond motifs is 2. The van der Waals surface area contributed by atoms with Gasteiger partial charge in [0.1, 0.15) is 5.76 Å². The van der Waals surface area contributed by atoms with E-state index in [0.29, 0.717) is 17.2 Å². The fourth-order valence-corrected chi connectivity index (χ4v) is 4.65. The number of anilines is 2. The van der Waals surface area contributed by atoms with Crippen LogP contribution in [-0.2, 0) is 4.74 Å². The zero-order valence-electron chi connectivity index (χ0n) is 19.8. The summed E-state index contributed by atoms with van der Waals surface area (Å²) in [6, 6.07) is 14.1. The molecule has 4 atom stereocenters. The fourth-order valence-electron chi connectivity index (χ4n) is 4.65. The summed E-state index contributed by atoms with van der Waals surface area (Å²) in [6.45, 7) is 7.59. The third kappa shape index (κ3) is 4.11. The van der Waals surface area contributed by atoms with Crippen molar-refractivity contribution in [2.45, 2.75) is 39.1 Å². The predicted octanol–water partition coefficient (Wildman–Crippen LogP) is 4.69. The van der Waals surface area contributed by atoms with Crippen LogP contribution in [0.2, 0.25) is 0 Å². The van der Waals surface area contributed by atoms with Crippen LogP contribution < -0.4 is 14.5 Å². The molecule has 1 aromatic carbocycles. The maximum Gasteiger partial charge on any atom is 0.220 e. The summed E-state index contributed by atoms with van der Waals surface area (Å²) < 4.78 is 11.9. The number of rotatable bonds is 4. The number of aromatic nitrogens is 1. The predicted molar refractivity (Wildman–Crippen MR) is 129 cm³/mol. The van der Waals surface area contributed by atoms with Gasteiger partial charge in [-0.2, -0.15) is 10.5 Å². The van der Waals surface area contributed by atoms with E-state index in [4.69, 9.17) is 14.7 Å². The van der Waals surface area contributed by atoms with Gasteiger partial charge in [0.05, 0.1) is 35.0 Å². The van der Waals surface area contributed by atoms with Gasteiger partial charge in [-0.3, -0.25) is 0 Å². The van der Waals surface area contributed by atoms with E-state index in [1.54, 1.807) is 24.4 Å². The lowest BCUT2D eigenvalue weighted by Crippen LogP contribution is -2.43. The maximum absolute atomic E-state index is 9.82. The van der Waals surface area contributed by atoms with Gasteiger partial charge in [0.15, 0.2) is 12.5 Å². The van der Waals surface area contributed by atoms with Crippen LogP contribution in [0.1, 0.15) is 37.8 Å². The molecule has 1 saturated heterocycles. The Morgan fingerprint density at radius 3 is 2.68 bits per heavy atom. The summed E-state index contributed by atoms with van der Waals surface area (Å²) in [6.07, 6.45) is 7.31. The first-order valence-electron chi connectivity index (χ1n) is 11.4. The van der Waals surface area contributed by atoms with Crippen molar-refractivity contribution in [1.82, 2.24) is 4.98 Å². The Hall–Kier alpha value is -3.81. The molecule has 5 rings (SSSR count). The molecule has 0 radical (unpaired) electrons. The second-order valence-electron chi connectivity index (χ2n) is 10.2. The van der Waals surface area contributed by atoms with Crippen LogP contribution in [0.25, 0.3) is 0 Å². The number of hydrogen-bond acceptors (Lipinski definition) is 7. The van der Waals surface area contributed by atoms with Gasteiger partial charge in [0.25, 0.3) is 0 Å². The first-order valence-corrected chi connectivity index (χ1v) is 11.4. The average molecular weight is 454 g/mol. The van der Waals surface area contributed by atoms with Gasteiger partial charge < -0.3 is 19.3 Å². The number of epoxide rings is 1. The van der Waals surface area contributed by atoms with Crippen LogP contribution in [-0.4, -0.2) is 31.0 Å². The molecule has 1 aliphatic carbocycles. The normalized spacial score (nSPS) is 24.9. The molecule has 0 saturated carbocycles. The molecule has 3 heterocycles. The second kappa shape index (κ2) is 8.20. The van der Waals surface area contributed by atoms with Crippen LogP contribution in [0.15, 0.2) is 60.5 Å². The number of ether oxygens (including phenoxy) is 2. The van der Waals surface area contributed by atoms with Gasteiger partial charge in [-0.25, -0.2) is 4.98 Å². The summed E-state index contributed by atoms with van der Waals surface area (Å²) in [4.78, 5) is 8.73. The molecule has 7 heteroatoms. The molecule has 1 fully saturated rings. The first kappa shape index (κ1) is 22.0. The third-order valence-corrected chi connectivity index (χ3v) is 6.29. The van der Waals surface area contributed by atoms with Crippen LogP contribution >= 0.6 is 0 Å². The van der Waals surface area contributed by atoms with Gasteiger partial charge in [0.2, 0.25) is 5.88 Å². The number of allylic oxidation sites excluding steroid dienone is 3. The summed E-state index contributed by atoms with van der Waals surface area (Å²) in [5.74, 6) is 0.471. The largest absolute Gasteiger partial charge is 0.439 e. The van der Waals surface area contributed by atoms with Gasteiger partial charge in [0, 0.05) is 31.8 Å². The van der Waals surface area contributed by atoms with Gasteiger partial charge in [-0.15, -0.1) is 0 Å². The standard InChI is InChI=1S/C27H27N5O2/c1-27(2,3)16-32-22-8-6-18(12-23(22)31(4)25-26(32)34-25)21-13-20(7-5-19(21)15-29)33-24-11-17(14-28)9-10-30-24/h5-13,19,21,25-26H,16H2,1-4H3. The Kier molecular flexibility index (Phi) is 5.31. The highest BCUT2D eigenvalue weighted by Gasteiger charge is 2.52. The van der Waals surface area contributed by atoms with Crippen molar-refractivity contribution in [1.29, 1.82) is 10.5 Å². The first-order chi connectivity index (χ1) is 16.3. The molecule has 34 heavy (non-hydrogen) atoms. The Balaban J connectivity index is 1.47. The van der Waals surface area contributed by atoms with Crippen LogP contribution in [0.3, 0.4) is 0 Å². The number of hydrogen-bond donors (Lipinski definition) is 0. The highest BCUT2D eigenvalue weighted by atomic mass is 16.6. The monoisotopic (exact) mass is 453 g/mol. The number of likely N-dealkylation sites (N-methyl/N-ethyl adjacent to an activating group) is 1. The molecule has 2 aromatic rings. The summed E-state index contributed by atoms with van der Waals surface area (Å²) >= 11 is 0. The number of pyridine rings is 1.